The minimum atomic E-state index is -0.0960. The summed E-state index contributed by atoms with van der Waals surface area (Å²) in [5.74, 6) is 0.583. The van der Waals surface area contributed by atoms with Crippen LogP contribution in [0.1, 0.15) is 25.8 Å². The molecule has 0 bridgehead atoms. The summed E-state index contributed by atoms with van der Waals surface area (Å²) in [5.41, 5.74) is 6.53. The van der Waals surface area contributed by atoms with E-state index < -0.39 is 0 Å². The third-order valence-corrected chi connectivity index (χ3v) is 3.42. The van der Waals surface area contributed by atoms with Crippen LogP contribution in [0.25, 0.3) is 0 Å². The van der Waals surface area contributed by atoms with Gasteiger partial charge in [0.15, 0.2) is 6.61 Å². The first-order valence-corrected chi connectivity index (χ1v) is 7.61. The maximum Gasteiger partial charge on any atom is 0.257 e. The van der Waals surface area contributed by atoms with Crippen LogP contribution in [-0.2, 0) is 11.3 Å². The van der Waals surface area contributed by atoms with Gasteiger partial charge in [-0.1, -0.05) is 32.0 Å². The summed E-state index contributed by atoms with van der Waals surface area (Å²) < 4.78 is 5.51. The summed E-state index contributed by atoms with van der Waals surface area (Å²) in [6.07, 6.45) is 0.951. The van der Waals surface area contributed by atoms with Crippen molar-refractivity contribution in [2.24, 2.45) is 5.73 Å². The Bertz CT molecular complexity index is 420. The van der Waals surface area contributed by atoms with Crippen LogP contribution in [0.3, 0.4) is 0 Å². The summed E-state index contributed by atoms with van der Waals surface area (Å²) in [7, 11) is 0. The number of nitrogens with one attached hydrogen (secondary N) is 1. The topological polar surface area (TPSA) is 67.6 Å². The molecule has 0 saturated carbocycles. The van der Waals surface area contributed by atoms with E-state index in [0.717, 1.165) is 31.6 Å². The lowest BCUT2D eigenvalue weighted by Crippen LogP contribution is -2.32. The fourth-order valence-electron chi connectivity index (χ4n) is 2.08. The molecule has 5 nitrogen and oxygen atoms in total. The molecule has 0 aromatic heterocycles. The van der Waals surface area contributed by atoms with Gasteiger partial charge in [-0.2, -0.15) is 0 Å². The molecule has 0 radical (unpaired) electrons. The molecule has 0 aliphatic heterocycles. The number of ether oxygens (including phenoxy) is 1. The summed E-state index contributed by atoms with van der Waals surface area (Å²) in [5, 5.41) is 2.87. The van der Waals surface area contributed by atoms with Crippen LogP contribution >= 0.6 is 0 Å². The second kappa shape index (κ2) is 10.2. The standard InChI is InChI=1S/C16H27N3O2/c1-3-19(4-2)11-7-10-18-16(20)13-21-15-9-6-5-8-14(15)12-17/h5-6,8-9H,3-4,7,10-13,17H2,1-2H3,(H,18,20). The van der Waals surface area contributed by atoms with Crippen molar-refractivity contribution in [3.63, 3.8) is 0 Å². The van der Waals surface area contributed by atoms with Gasteiger partial charge in [-0.3, -0.25) is 4.79 Å². The number of nitrogens with zero attached hydrogens (tertiary/aromatic N) is 1. The highest BCUT2D eigenvalue weighted by Crippen LogP contribution is 2.16. The van der Waals surface area contributed by atoms with Gasteiger partial charge in [0.05, 0.1) is 0 Å². The molecule has 0 saturated heterocycles. The van der Waals surface area contributed by atoms with Crippen LogP contribution in [0.5, 0.6) is 5.75 Å². The van der Waals surface area contributed by atoms with Crippen molar-refractivity contribution in [3.05, 3.63) is 29.8 Å². The van der Waals surface area contributed by atoms with E-state index in [-0.39, 0.29) is 12.5 Å². The van der Waals surface area contributed by atoms with E-state index in [1.165, 1.54) is 0 Å². The lowest BCUT2D eigenvalue weighted by atomic mass is 10.2. The molecule has 1 aromatic carbocycles. The number of nitrogens with two attached hydrogens (primary N) is 1. The maximum atomic E-state index is 11.7. The number of hydrogen-bond donors (Lipinski definition) is 2. The lowest BCUT2D eigenvalue weighted by Gasteiger charge is -2.17. The van der Waals surface area contributed by atoms with Crippen LogP contribution in [-0.4, -0.2) is 43.6 Å². The highest BCUT2D eigenvalue weighted by Gasteiger charge is 2.05. The third kappa shape index (κ3) is 6.60. The normalized spacial score (nSPS) is 10.7. The van der Waals surface area contributed by atoms with Crippen molar-refractivity contribution in [2.75, 3.05) is 32.8 Å². The van der Waals surface area contributed by atoms with E-state index in [9.17, 15) is 4.79 Å². The summed E-state index contributed by atoms with van der Waals surface area (Å²) in [6.45, 7) is 8.49. The zero-order chi connectivity index (χ0) is 15.5. The predicted molar refractivity (Wildman–Crippen MR) is 85.2 cm³/mol. The first-order chi connectivity index (χ1) is 10.2. The number of rotatable bonds is 10. The van der Waals surface area contributed by atoms with Crippen molar-refractivity contribution in [1.29, 1.82) is 0 Å². The first-order valence-electron chi connectivity index (χ1n) is 7.61. The molecular weight excluding hydrogens is 266 g/mol. The average Bonchev–Trinajstić information content (AvgIpc) is 2.53. The van der Waals surface area contributed by atoms with Crippen LogP contribution in [0.2, 0.25) is 0 Å². The van der Waals surface area contributed by atoms with Crippen molar-refractivity contribution in [2.45, 2.75) is 26.8 Å². The highest BCUT2D eigenvalue weighted by atomic mass is 16.5. The number of benzene rings is 1. The fraction of sp³-hybridized carbons (Fsp3) is 0.562. The average molecular weight is 293 g/mol. The number of hydrogen-bond acceptors (Lipinski definition) is 4. The van der Waals surface area contributed by atoms with E-state index in [4.69, 9.17) is 10.5 Å². The Hall–Kier alpha value is -1.59. The van der Waals surface area contributed by atoms with Crippen LogP contribution in [0.15, 0.2) is 24.3 Å². The van der Waals surface area contributed by atoms with Gasteiger partial charge in [-0.25, -0.2) is 0 Å². The Morgan fingerprint density at radius 2 is 2.00 bits per heavy atom. The molecule has 21 heavy (non-hydrogen) atoms. The fourth-order valence-corrected chi connectivity index (χ4v) is 2.08. The number of carbonyl (C=O) groups excluding carboxylic acids is 1. The minimum absolute atomic E-state index is 0.0300. The zero-order valence-electron chi connectivity index (χ0n) is 13.1. The minimum Gasteiger partial charge on any atom is -0.483 e. The molecule has 5 heteroatoms. The molecule has 1 amide bonds. The van der Waals surface area contributed by atoms with Gasteiger partial charge in [0.25, 0.3) is 5.91 Å². The van der Waals surface area contributed by atoms with E-state index in [1.54, 1.807) is 0 Å². The molecule has 0 heterocycles. The summed E-state index contributed by atoms with van der Waals surface area (Å²) >= 11 is 0. The molecule has 1 aromatic rings. The predicted octanol–water partition coefficient (Wildman–Crippen LogP) is 1.37. The number of para-hydroxylation sites is 1. The van der Waals surface area contributed by atoms with Gasteiger partial charge >= 0.3 is 0 Å². The van der Waals surface area contributed by atoms with Crippen molar-refractivity contribution in [3.8, 4) is 5.75 Å². The highest BCUT2D eigenvalue weighted by molar-refractivity contribution is 5.77. The number of amides is 1. The van der Waals surface area contributed by atoms with E-state index >= 15 is 0 Å². The Kier molecular flexibility index (Phi) is 8.47. The third-order valence-electron chi connectivity index (χ3n) is 3.42. The molecule has 0 aliphatic carbocycles. The molecule has 118 valence electrons. The number of carbonyl (C=O) groups is 1. The van der Waals surface area contributed by atoms with Gasteiger partial charge in [0.2, 0.25) is 0 Å². The van der Waals surface area contributed by atoms with E-state index in [1.807, 2.05) is 24.3 Å². The maximum absolute atomic E-state index is 11.7. The van der Waals surface area contributed by atoms with Crippen LogP contribution < -0.4 is 15.8 Å². The molecule has 0 atom stereocenters. The largest absolute Gasteiger partial charge is 0.483 e. The van der Waals surface area contributed by atoms with Gasteiger partial charge in [0, 0.05) is 18.7 Å². The SMILES string of the molecule is CCN(CC)CCCNC(=O)COc1ccccc1CN. The molecule has 0 aliphatic rings. The van der Waals surface area contributed by atoms with Crippen molar-refractivity contribution >= 4 is 5.91 Å². The molecular formula is C16H27N3O2. The molecule has 0 spiro atoms. The van der Waals surface area contributed by atoms with E-state index in [2.05, 4.69) is 24.1 Å². The van der Waals surface area contributed by atoms with Crippen molar-refractivity contribution in [1.82, 2.24) is 10.2 Å². The zero-order valence-corrected chi connectivity index (χ0v) is 13.1. The lowest BCUT2D eigenvalue weighted by molar-refractivity contribution is -0.123. The molecule has 0 unspecified atom stereocenters. The van der Waals surface area contributed by atoms with Gasteiger partial charge in [0.1, 0.15) is 5.75 Å². The second-order valence-corrected chi connectivity index (χ2v) is 4.83. The summed E-state index contributed by atoms with van der Waals surface area (Å²) in [6, 6.07) is 7.51. The molecule has 3 N–H and O–H groups in total. The van der Waals surface area contributed by atoms with Crippen LogP contribution in [0, 0.1) is 0 Å². The van der Waals surface area contributed by atoms with Gasteiger partial charge in [-0.05, 0) is 32.1 Å². The molecule has 0 fully saturated rings. The Morgan fingerprint density at radius 1 is 1.29 bits per heavy atom. The second-order valence-electron chi connectivity index (χ2n) is 4.83. The van der Waals surface area contributed by atoms with E-state index in [0.29, 0.717) is 18.8 Å². The summed E-state index contributed by atoms with van der Waals surface area (Å²) in [4.78, 5) is 14.1. The van der Waals surface area contributed by atoms with Crippen LogP contribution in [0.4, 0.5) is 0 Å². The van der Waals surface area contributed by atoms with Gasteiger partial charge < -0.3 is 20.7 Å². The Balaban J connectivity index is 2.22. The van der Waals surface area contributed by atoms with Crippen molar-refractivity contribution < 1.29 is 9.53 Å². The Labute approximate surface area is 127 Å². The quantitative estimate of drug-likeness (QED) is 0.639. The molecule has 1 rings (SSSR count). The smallest absolute Gasteiger partial charge is 0.257 e. The first kappa shape index (κ1) is 17.5. The Morgan fingerprint density at radius 3 is 2.67 bits per heavy atom. The monoisotopic (exact) mass is 293 g/mol. The van der Waals surface area contributed by atoms with Gasteiger partial charge in [-0.15, -0.1) is 0 Å².